The van der Waals surface area contributed by atoms with Crippen molar-refractivity contribution in [1.29, 1.82) is 0 Å². The zero-order valence-electron chi connectivity index (χ0n) is 8.50. The van der Waals surface area contributed by atoms with E-state index < -0.39 is 0 Å². The van der Waals surface area contributed by atoms with Gasteiger partial charge >= 0.3 is 0 Å². The average molecular weight is 304 g/mol. The molecule has 0 saturated carbocycles. The quantitative estimate of drug-likeness (QED) is 0.908. The summed E-state index contributed by atoms with van der Waals surface area (Å²) in [5.41, 5.74) is 0.516. The summed E-state index contributed by atoms with van der Waals surface area (Å²) in [5, 5.41) is 2.74. The number of nitrogens with one attached hydrogen (secondary N) is 1. The normalized spacial score (nSPS) is 19.8. The van der Waals surface area contributed by atoms with Crippen LogP contribution in [0.15, 0.2) is 22.7 Å². The first-order valence-electron chi connectivity index (χ1n) is 5.00. The van der Waals surface area contributed by atoms with Gasteiger partial charge in [-0.2, -0.15) is 11.8 Å². The summed E-state index contributed by atoms with van der Waals surface area (Å²) in [6, 6.07) is 4.60. The van der Waals surface area contributed by atoms with E-state index in [0.29, 0.717) is 10.2 Å². The maximum absolute atomic E-state index is 13.2. The third-order valence-electron chi connectivity index (χ3n) is 2.49. The van der Waals surface area contributed by atoms with Crippen LogP contribution >= 0.6 is 27.7 Å². The smallest absolute Gasteiger partial charge is 0.228 e. The van der Waals surface area contributed by atoms with E-state index in [4.69, 9.17) is 0 Å². The SMILES string of the molecule is O=C(Nc1ccc(Br)c(F)c1)C1CCSC1. The lowest BCUT2D eigenvalue weighted by molar-refractivity contribution is -0.119. The lowest BCUT2D eigenvalue weighted by Crippen LogP contribution is -2.22. The summed E-state index contributed by atoms with van der Waals surface area (Å²) in [6.45, 7) is 0. The van der Waals surface area contributed by atoms with Crippen LogP contribution in [0.25, 0.3) is 0 Å². The second kappa shape index (κ2) is 5.19. The van der Waals surface area contributed by atoms with Gasteiger partial charge in [-0.25, -0.2) is 4.39 Å². The van der Waals surface area contributed by atoms with Crippen LogP contribution in [0, 0.1) is 11.7 Å². The summed E-state index contributed by atoms with van der Waals surface area (Å²) >= 11 is 4.86. The summed E-state index contributed by atoms with van der Waals surface area (Å²) in [6.07, 6.45) is 0.912. The first-order valence-corrected chi connectivity index (χ1v) is 6.95. The first kappa shape index (κ1) is 11.9. The van der Waals surface area contributed by atoms with E-state index in [2.05, 4.69) is 21.2 Å². The summed E-state index contributed by atoms with van der Waals surface area (Å²) in [7, 11) is 0. The molecule has 1 N–H and O–H groups in total. The number of carbonyl (C=O) groups excluding carboxylic acids is 1. The van der Waals surface area contributed by atoms with Crippen LogP contribution in [0.2, 0.25) is 0 Å². The molecule has 2 rings (SSSR count). The third kappa shape index (κ3) is 2.77. The average Bonchev–Trinajstić information content (AvgIpc) is 2.77. The van der Waals surface area contributed by atoms with Crippen LogP contribution in [-0.2, 0) is 4.79 Å². The van der Waals surface area contributed by atoms with Gasteiger partial charge in [-0.3, -0.25) is 4.79 Å². The van der Waals surface area contributed by atoms with Gasteiger partial charge in [0.2, 0.25) is 5.91 Å². The van der Waals surface area contributed by atoms with Crippen molar-refractivity contribution in [2.75, 3.05) is 16.8 Å². The molecule has 1 heterocycles. The Morgan fingerprint density at radius 3 is 3.00 bits per heavy atom. The molecular formula is C11H11BrFNOS. The molecule has 1 aromatic rings. The molecule has 0 aliphatic carbocycles. The number of amides is 1. The van der Waals surface area contributed by atoms with E-state index in [-0.39, 0.29) is 17.6 Å². The van der Waals surface area contributed by atoms with E-state index in [0.717, 1.165) is 17.9 Å². The lowest BCUT2D eigenvalue weighted by atomic mass is 10.1. The molecule has 1 amide bonds. The number of hydrogen-bond donors (Lipinski definition) is 1. The van der Waals surface area contributed by atoms with E-state index in [9.17, 15) is 9.18 Å². The fourth-order valence-corrected chi connectivity index (χ4v) is 3.03. The largest absolute Gasteiger partial charge is 0.326 e. The lowest BCUT2D eigenvalue weighted by Gasteiger charge is -2.10. The number of halogens is 2. The van der Waals surface area contributed by atoms with Crippen LogP contribution in [0.1, 0.15) is 6.42 Å². The predicted octanol–water partition coefficient (Wildman–Crippen LogP) is 3.28. The molecule has 2 nitrogen and oxygen atoms in total. The Morgan fingerprint density at radius 1 is 1.56 bits per heavy atom. The number of benzene rings is 1. The van der Waals surface area contributed by atoms with Gasteiger partial charge in [-0.05, 0) is 46.3 Å². The summed E-state index contributed by atoms with van der Waals surface area (Å²) in [5.74, 6) is 1.60. The van der Waals surface area contributed by atoms with E-state index in [1.807, 2.05) is 0 Å². The van der Waals surface area contributed by atoms with Gasteiger partial charge in [0.25, 0.3) is 0 Å². The van der Waals surface area contributed by atoms with E-state index in [1.54, 1.807) is 23.9 Å². The molecule has 0 aromatic heterocycles. The van der Waals surface area contributed by atoms with Gasteiger partial charge in [0.1, 0.15) is 5.82 Å². The molecule has 5 heteroatoms. The molecule has 1 unspecified atom stereocenters. The number of carbonyl (C=O) groups is 1. The molecule has 1 fully saturated rings. The standard InChI is InChI=1S/C11H11BrFNOS/c12-9-2-1-8(5-10(9)13)14-11(15)7-3-4-16-6-7/h1-2,5,7H,3-4,6H2,(H,14,15). The maximum atomic E-state index is 13.2. The third-order valence-corrected chi connectivity index (χ3v) is 4.29. The molecule has 1 atom stereocenters. The molecule has 1 aromatic carbocycles. The highest BCUT2D eigenvalue weighted by atomic mass is 79.9. The Bertz CT molecular complexity index is 407. The zero-order chi connectivity index (χ0) is 11.5. The minimum atomic E-state index is -0.362. The number of hydrogen-bond acceptors (Lipinski definition) is 2. The van der Waals surface area contributed by atoms with Gasteiger partial charge in [-0.1, -0.05) is 0 Å². The Labute approximate surface area is 106 Å². The molecule has 1 aliphatic heterocycles. The number of rotatable bonds is 2. The van der Waals surface area contributed by atoms with Gasteiger partial charge < -0.3 is 5.32 Å². The Morgan fingerprint density at radius 2 is 2.38 bits per heavy atom. The number of thioether (sulfide) groups is 1. The van der Waals surface area contributed by atoms with Crippen LogP contribution in [0.5, 0.6) is 0 Å². The second-order valence-corrected chi connectivity index (χ2v) is 5.68. The van der Waals surface area contributed by atoms with E-state index in [1.165, 1.54) is 6.07 Å². The van der Waals surface area contributed by atoms with Crippen molar-refractivity contribution in [3.63, 3.8) is 0 Å². The molecule has 1 saturated heterocycles. The van der Waals surface area contributed by atoms with Crippen molar-refractivity contribution in [2.24, 2.45) is 5.92 Å². The fourth-order valence-electron chi connectivity index (χ4n) is 1.56. The molecule has 86 valence electrons. The molecule has 0 spiro atoms. The first-order chi connectivity index (χ1) is 7.66. The van der Waals surface area contributed by atoms with Crippen molar-refractivity contribution in [3.8, 4) is 0 Å². The minimum Gasteiger partial charge on any atom is -0.326 e. The maximum Gasteiger partial charge on any atom is 0.228 e. The van der Waals surface area contributed by atoms with Crippen molar-refractivity contribution in [3.05, 3.63) is 28.5 Å². The minimum absolute atomic E-state index is 0.00766. The molecule has 1 aliphatic rings. The van der Waals surface area contributed by atoms with E-state index >= 15 is 0 Å². The van der Waals surface area contributed by atoms with Crippen molar-refractivity contribution in [1.82, 2.24) is 0 Å². The van der Waals surface area contributed by atoms with Crippen LogP contribution in [0.4, 0.5) is 10.1 Å². The second-order valence-electron chi connectivity index (χ2n) is 3.68. The molecule has 0 radical (unpaired) electrons. The van der Waals surface area contributed by atoms with Crippen molar-refractivity contribution >= 4 is 39.3 Å². The van der Waals surface area contributed by atoms with Crippen LogP contribution in [0.3, 0.4) is 0 Å². The van der Waals surface area contributed by atoms with Gasteiger partial charge in [-0.15, -0.1) is 0 Å². The van der Waals surface area contributed by atoms with Crippen LogP contribution in [-0.4, -0.2) is 17.4 Å². The predicted molar refractivity (Wildman–Crippen MR) is 68.2 cm³/mol. The van der Waals surface area contributed by atoms with Gasteiger partial charge in [0.15, 0.2) is 0 Å². The highest BCUT2D eigenvalue weighted by Gasteiger charge is 2.23. The highest BCUT2D eigenvalue weighted by molar-refractivity contribution is 9.10. The Hall–Kier alpha value is -0.550. The van der Waals surface area contributed by atoms with Crippen LogP contribution < -0.4 is 5.32 Å². The Kier molecular flexibility index (Phi) is 3.86. The van der Waals surface area contributed by atoms with Crippen molar-refractivity contribution < 1.29 is 9.18 Å². The number of anilines is 1. The monoisotopic (exact) mass is 303 g/mol. The van der Waals surface area contributed by atoms with Gasteiger partial charge in [0, 0.05) is 17.4 Å². The zero-order valence-corrected chi connectivity index (χ0v) is 10.9. The summed E-state index contributed by atoms with van der Waals surface area (Å²) in [4.78, 5) is 11.8. The molecular weight excluding hydrogens is 293 g/mol. The highest BCUT2D eigenvalue weighted by Crippen LogP contribution is 2.25. The fraction of sp³-hybridized carbons (Fsp3) is 0.364. The van der Waals surface area contributed by atoms with Crippen molar-refractivity contribution in [2.45, 2.75) is 6.42 Å². The molecule has 0 bridgehead atoms. The van der Waals surface area contributed by atoms with Gasteiger partial charge in [0.05, 0.1) is 4.47 Å². The topological polar surface area (TPSA) is 29.1 Å². The molecule has 16 heavy (non-hydrogen) atoms. The Balaban J connectivity index is 2.02. The summed E-state index contributed by atoms with van der Waals surface area (Å²) < 4.78 is 13.6.